The lowest BCUT2D eigenvalue weighted by molar-refractivity contribution is 0.0613. The van der Waals surface area contributed by atoms with Crippen molar-refractivity contribution in [2.45, 2.75) is 37.8 Å². The first-order chi connectivity index (χ1) is 11.5. The number of amides is 1. The third-order valence-electron chi connectivity index (χ3n) is 4.66. The summed E-state index contributed by atoms with van der Waals surface area (Å²) in [5.41, 5.74) is -0.0302. The molecule has 2 saturated heterocycles. The smallest absolute Gasteiger partial charge is 0.253 e. The summed E-state index contributed by atoms with van der Waals surface area (Å²) in [6.07, 6.45) is 4.22. The summed E-state index contributed by atoms with van der Waals surface area (Å²) in [7, 11) is 0. The van der Waals surface area contributed by atoms with Gasteiger partial charge in [-0.15, -0.1) is 0 Å². The van der Waals surface area contributed by atoms with E-state index in [-0.39, 0.29) is 16.6 Å². The van der Waals surface area contributed by atoms with Crippen LogP contribution in [0.3, 0.4) is 0 Å². The fraction of sp³-hybridized carbons (Fsp3) is 0.588. The van der Waals surface area contributed by atoms with E-state index in [9.17, 15) is 13.6 Å². The first-order valence-corrected chi connectivity index (χ1v) is 8.70. The molecule has 24 heavy (non-hydrogen) atoms. The van der Waals surface area contributed by atoms with Gasteiger partial charge in [0.1, 0.15) is 0 Å². The molecule has 2 fully saturated rings. The fourth-order valence-corrected chi connectivity index (χ4v) is 3.53. The van der Waals surface area contributed by atoms with Crippen LogP contribution in [-0.2, 0) is 4.74 Å². The van der Waals surface area contributed by atoms with E-state index in [0.717, 1.165) is 64.1 Å². The van der Waals surface area contributed by atoms with E-state index < -0.39 is 17.5 Å². The minimum atomic E-state index is -1.07. The largest absolute Gasteiger partial charge is 0.377 e. The number of hydrogen-bond donors (Lipinski definition) is 1. The number of carbonyl (C=O) groups is 1. The first kappa shape index (κ1) is 17.6. The van der Waals surface area contributed by atoms with E-state index in [1.54, 1.807) is 0 Å². The summed E-state index contributed by atoms with van der Waals surface area (Å²) >= 11 is 5.84. The maximum absolute atomic E-state index is 13.3. The van der Waals surface area contributed by atoms with Gasteiger partial charge in [-0.2, -0.15) is 0 Å². The van der Waals surface area contributed by atoms with Crippen LogP contribution in [0.2, 0.25) is 5.02 Å². The molecule has 7 heteroatoms. The number of likely N-dealkylation sites (tertiary alicyclic amines) is 1. The van der Waals surface area contributed by atoms with Crippen molar-refractivity contribution in [3.05, 3.63) is 34.4 Å². The van der Waals surface area contributed by atoms with Crippen molar-refractivity contribution in [1.29, 1.82) is 0 Å². The number of carbonyl (C=O) groups excluding carboxylic acids is 1. The molecule has 132 valence electrons. The molecule has 1 amide bonds. The summed E-state index contributed by atoms with van der Waals surface area (Å²) in [6, 6.07) is 1.69. The number of halogens is 3. The average Bonchev–Trinajstić information content (AvgIpc) is 3.05. The van der Waals surface area contributed by atoms with Crippen molar-refractivity contribution in [3.63, 3.8) is 0 Å². The van der Waals surface area contributed by atoms with Gasteiger partial charge in [0.2, 0.25) is 0 Å². The molecule has 0 bridgehead atoms. The van der Waals surface area contributed by atoms with Crippen LogP contribution in [0.5, 0.6) is 0 Å². The molecule has 1 aromatic carbocycles. The SMILES string of the molecule is O=C(NC1CCN(CC2CCCO2)CC1)c1cc(F)c(F)cc1Cl. The van der Waals surface area contributed by atoms with Crippen molar-refractivity contribution in [2.75, 3.05) is 26.2 Å². The Balaban J connectivity index is 1.50. The lowest BCUT2D eigenvalue weighted by Crippen LogP contribution is -2.46. The predicted octanol–water partition coefficient (Wildman–Crippen LogP) is 2.99. The second-order valence-electron chi connectivity index (χ2n) is 6.43. The molecule has 3 rings (SSSR count). The Bertz CT molecular complexity index is 600. The molecule has 2 aliphatic heterocycles. The van der Waals surface area contributed by atoms with Crippen molar-refractivity contribution in [3.8, 4) is 0 Å². The zero-order valence-electron chi connectivity index (χ0n) is 13.4. The zero-order valence-corrected chi connectivity index (χ0v) is 14.1. The fourth-order valence-electron chi connectivity index (χ4n) is 3.30. The predicted molar refractivity (Wildman–Crippen MR) is 87.3 cm³/mol. The van der Waals surface area contributed by atoms with E-state index in [1.165, 1.54) is 0 Å². The maximum atomic E-state index is 13.3. The average molecular weight is 359 g/mol. The van der Waals surface area contributed by atoms with Gasteiger partial charge in [0.05, 0.1) is 16.7 Å². The number of hydrogen-bond acceptors (Lipinski definition) is 3. The second kappa shape index (κ2) is 7.76. The number of ether oxygens (including phenoxy) is 1. The lowest BCUT2D eigenvalue weighted by atomic mass is 10.0. The number of benzene rings is 1. The summed E-state index contributed by atoms with van der Waals surface area (Å²) in [5, 5.41) is 2.79. The van der Waals surface area contributed by atoms with Crippen molar-refractivity contribution >= 4 is 17.5 Å². The highest BCUT2D eigenvalue weighted by Gasteiger charge is 2.25. The van der Waals surface area contributed by atoms with Gasteiger partial charge in [-0.1, -0.05) is 11.6 Å². The molecule has 0 saturated carbocycles. The van der Waals surface area contributed by atoms with E-state index in [4.69, 9.17) is 16.3 Å². The minimum Gasteiger partial charge on any atom is -0.377 e. The van der Waals surface area contributed by atoms with E-state index in [2.05, 4.69) is 10.2 Å². The van der Waals surface area contributed by atoms with Crippen LogP contribution in [0, 0.1) is 11.6 Å². The minimum absolute atomic E-state index is 0.0161. The monoisotopic (exact) mass is 358 g/mol. The Hall–Kier alpha value is -1.24. The number of piperidine rings is 1. The van der Waals surface area contributed by atoms with E-state index >= 15 is 0 Å². The molecule has 0 aliphatic carbocycles. The van der Waals surface area contributed by atoms with Crippen LogP contribution in [0.15, 0.2) is 12.1 Å². The van der Waals surface area contributed by atoms with E-state index in [1.807, 2.05) is 0 Å². The first-order valence-electron chi connectivity index (χ1n) is 8.32. The summed E-state index contributed by atoms with van der Waals surface area (Å²) < 4.78 is 32.0. The van der Waals surface area contributed by atoms with Gasteiger partial charge in [0.15, 0.2) is 11.6 Å². The van der Waals surface area contributed by atoms with Crippen LogP contribution in [0.4, 0.5) is 8.78 Å². The molecule has 0 aromatic heterocycles. The Kier molecular flexibility index (Phi) is 5.69. The summed E-state index contributed by atoms with van der Waals surface area (Å²) in [6.45, 7) is 3.56. The number of nitrogens with zero attached hydrogens (tertiary/aromatic N) is 1. The zero-order chi connectivity index (χ0) is 17.1. The van der Waals surface area contributed by atoms with Crippen LogP contribution < -0.4 is 5.32 Å². The van der Waals surface area contributed by atoms with Gasteiger partial charge in [0.25, 0.3) is 5.91 Å². The molecule has 0 radical (unpaired) electrons. The highest BCUT2D eigenvalue weighted by Crippen LogP contribution is 2.21. The van der Waals surface area contributed by atoms with Crippen molar-refractivity contribution in [1.82, 2.24) is 10.2 Å². The number of nitrogens with one attached hydrogen (secondary N) is 1. The van der Waals surface area contributed by atoms with Gasteiger partial charge >= 0.3 is 0 Å². The summed E-state index contributed by atoms with van der Waals surface area (Å²) in [4.78, 5) is 14.6. The quantitative estimate of drug-likeness (QED) is 0.841. The van der Waals surface area contributed by atoms with Gasteiger partial charge in [-0.05, 0) is 37.8 Å². The highest BCUT2D eigenvalue weighted by molar-refractivity contribution is 6.33. The molecule has 0 spiro atoms. The Labute approximate surface area is 145 Å². The Morgan fingerprint density at radius 2 is 1.96 bits per heavy atom. The van der Waals surface area contributed by atoms with Gasteiger partial charge < -0.3 is 15.0 Å². The standard InChI is InChI=1S/C17H21ClF2N2O2/c18-14-9-16(20)15(19)8-13(14)17(23)21-11-3-5-22(6-4-11)10-12-2-1-7-24-12/h8-9,11-12H,1-7,10H2,(H,21,23). The van der Waals surface area contributed by atoms with Crippen molar-refractivity contribution < 1.29 is 18.3 Å². The lowest BCUT2D eigenvalue weighted by Gasteiger charge is -2.33. The molecule has 1 atom stereocenters. The Morgan fingerprint density at radius 1 is 1.25 bits per heavy atom. The third kappa shape index (κ3) is 4.23. The highest BCUT2D eigenvalue weighted by atomic mass is 35.5. The molecule has 1 N–H and O–H groups in total. The maximum Gasteiger partial charge on any atom is 0.253 e. The third-order valence-corrected chi connectivity index (χ3v) is 4.98. The molecular weight excluding hydrogens is 338 g/mol. The van der Waals surface area contributed by atoms with Crippen LogP contribution in [0.1, 0.15) is 36.0 Å². The molecule has 1 aromatic rings. The van der Waals surface area contributed by atoms with Crippen molar-refractivity contribution in [2.24, 2.45) is 0 Å². The Morgan fingerprint density at radius 3 is 2.62 bits per heavy atom. The van der Waals surface area contributed by atoms with Crippen LogP contribution in [-0.4, -0.2) is 49.2 Å². The summed E-state index contributed by atoms with van der Waals surface area (Å²) in [5.74, 6) is -2.59. The molecular formula is C17H21ClF2N2O2. The van der Waals surface area contributed by atoms with Gasteiger partial charge in [-0.25, -0.2) is 8.78 Å². The number of rotatable bonds is 4. The van der Waals surface area contributed by atoms with Gasteiger partial charge in [0, 0.05) is 32.3 Å². The molecule has 1 unspecified atom stereocenters. The molecule has 4 nitrogen and oxygen atoms in total. The van der Waals surface area contributed by atoms with E-state index in [0.29, 0.717) is 6.10 Å². The molecule has 2 aliphatic rings. The second-order valence-corrected chi connectivity index (χ2v) is 6.84. The van der Waals surface area contributed by atoms with Gasteiger partial charge in [-0.3, -0.25) is 4.79 Å². The van der Waals surface area contributed by atoms with Crippen LogP contribution >= 0.6 is 11.6 Å². The molecule has 2 heterocycles. The topological polar surface area (TPSA) is 41.6 Å². The van der Waals surface area contributed by atoms with Crippen LogP contribution in [0.25, 0.3) is 0 Å². The normalized spacial score (nSPS) is 22.7.